The number of aryl methyl sites for hydroxylation is 1. The van der Waals surface area contributed by atoms with Crippen molar-refractivity contribution in [2.24, 2.45) is 0 Å². The predicted molar refractivity (Wildman–Crippen MR) is 157 cm³/mol. The molecule has 0 spiro atoms. The lowest BCUT2D eigenvalue weighted by molar-refractivity contribution is -0.123. The molecule has 210 valence electrons. The van der Waals surface area contributed by atoms with Crippen LogP contribution in [0.15, 0.2) is 59.5 Å². The maximum atomic E-state index is 14.1. The molecule has 0 atom stereocenters. The third-order valence-electron chi connectivity index (χ3n) is 6.24. The standard InChI is InChI=1S/C31H31ClFNO5S/c1-5-37-28-16-21(10-12-26(28)39-18-23-24(32)7-6-8-25(23)33)17-29-30(35)34(31(36)40-29)13-14-38-27-15-20(4)9-11-22(27)19(2)3/h6-12,15-17,19H,5,13-14,18H2,1-4H3/b29-17-. The molecule has 0 N–H and O–H groups in total. The maximum Gasteiger partial charge on any atom is 0.293 e. The van der Waals surface area contributed by atoms with Gasteiger partial charge in [0.15, 0.2) is 11.5 Å². The lowest BCUT2D eigenvalue weighted by Gasteiger charge is -2.17. The van der Waals surface area contributed by atoms with E-state index in [2.05, 4.69) is 13.8 Å². The molecule has 9 heteroatoms. The zero-order valence-electron chi connectivity index (χ0n) is 22.8. The average Bonchev–Trinajstić information content (AvgIpc) is 3.16. The fourth-order valence-corrected chi connectivity index (χ4v) is 5.24. The van der Waals surface area contributed by atoms with E-state index in [1.54, 1.807) is 30.3 Å². The Morgan fingerprint density at radius 3 is 2.52 bits per heavy atom. The van der Waals surface area contributed by atoms with Crippen molar-refractivity contribution in [3.05, 3.63) is 92.6 Å². The van der Waals surface area contributed by atoms with Gasteiger partial charge in [0, 0.05) is 5.56 Å². The topological polar surface area (TPSA) is 65.1 Å². The molecule has 1 aliphatic rings. The van der Waals surface area contributed by atoms with Crippen molar-refractivity contribution in [2.45, 2.75) is 40.2 Å². The van der Waals surface area contributed by atoms with Crippen LogP contribution in [0, 0.1) is 12.7 Å². The van der Waals surface area contributed by atoms with Gasteiger partial charge < -0.3 is 14.2 Å². The van der Waals surface area contributed by atoms with E-state index in [9.17, 15) is 14.0 Å². The number of rotatable bonds is 11. The van der Waals surface area contributed by atoms with Crippen molar-refractivity contribution in [1.82, 2.24) is 4.90 Å². The largest absolute Gasteiger partial charge is 0.491 e. The lowest BCUT2D eigenvalue weighted by atomic mass is 10.0. The molecule has 0 bridgehead atoms. The average molecular weight is 584 g/mol. The molecule has 0 unspecified atom stereocenters. The maximum absolute atomic E-state index is 14.1. The quantitative estimate of drug-likeness (QED) is 0.213. The van der Waals surface area contributed by atoms with E-state index in [0.29, 0.717) is 28.6 Å². The van der Waals surface area contributed by atoms with E-state index < -0.39 is 5.82 Å². The fraction of sp³-hybridized carbons (Fsp3) is 0.290. The van der Waals surface area contributed by atoms with E-state index in [1.165, 1.54) is 17.0 Å². The van der Waals surface area contributed by atoms with Crippen molar-refractivity contribution in [3.8, 4) is 17.2 Å². The smallest absolute Gasteiger partial charge is 0.293 e. The van der Waals surface area contributed by atoms with E-state index >= 15 is 0 Å². The Balaban J connectivity index is 1.44. The third-order valence-corrected chi connectivity index (χ3v) is 7.50. The molecule has 3 aromatic rings. The monoisotopic (exact) mass is 583 g/mol. The Hall–Kier alpha value is -3.49. The van der Waals surface area contributed by atoms with Gasteiger partial charge in [0.2, 0.25) is 0 Å². The van der Waals surface area contributed by atoms with Crippen LogP contribution in [0.3, 0.4) is 0 Å². The van der Waals surface area contributed by atoms with Gasteiger partial charge in [-0.15, -0.1) is 0 Å². The molecule has 40 heavy (non-hydrogen) atoms. The first-order valence-corrected chi connectivity index (χ1v) is 14.2. The van der Waals surface area contributed by atoms with Gasteiger partial charge in [-0.05, 0) is 84.6 Å². The first kappa shape index (κ1) is 29.5. The molecule has 1 aliphatic heterocycles. The molecule has 0 aliphatic carbocycles. The summed E-state index contributed by atoms with van der Waals surface area (Å²) in [4.78, 5) is 27.2. The minimum absolute atomic E-state index is 0.0763. The molecule has 0 saturated carbocycles. The Kier molecular flexibility index (Phi) is 9.76. The van der Waals surface area contributed by atoms with Gasteiger partial charge in [-0.1, -0.05) is 49.7 Å². The van der Waals surface area contributed by atoms with Gasteiger partial charge in [0.25, 0.3) is 11.1 Å². The van der Waals surface area contributed by atoms with Crippen LogP contribution in [0.1, 0.15) is 48.9 Å². The molecule has 3 aromatic carbocycles. The van der Waals surface area contributed by atoms with Crippen LogP contribution in [-0.2, 0) is 11.4 Å². The van der Waals surface area contributed by atoms with Crippen LogP contribution in [0.4, 0.5) is 9.18 Å². The Bertz CT molecular complexity index is 1420. The molecule has 0 radical (unpaired) electrons. The van der Waals surface area contributed by atoms with Crippen LogP contribution < -0.4 is 14.2 Å². The number of benzene rings is 3. The van der Waals surface area contributed by atoms with Gasteiger partial charge in [-0.3, -0.25) is 14.5 Å². The number of ether oxygens (including phenoxy) is 3. The number of carbonyl (C=O) groups excluding carboxylic acids is 2. The number of amides is 2. The highest BCUT2D eigenvalue weighted by Crippen LogP contribution is 2.35. The second-order valence-electron chi connectivity index (χ2n) is 9.51. The van der Waals surface area contributed by atoms with Crippen LogP contribution >= 0.6 is 23.4 Å². The first-order valence-electron chi connectivity index (χ1n) is 13.0. The number of hydrogen-bond donors (Lipinski definition) is 0. The summed E-state index contributed by atoms with van der Waals surface area (Å²) in [5.74, 6) is 1.05. The number of carbonyl (C=O) groups is 2. The van der Waals surface area contributed by atoms with Crippen LogP contribution in [0.5, 0.6) is 17.2 Å². The SMILES string of the molecule is CCOc1cc(/C=C2\SC(=O)N(CCOc3cc(C)ccc3C(C)C)C2=O)ccc1OCc1c(F)cccc1Cl. The van der Waals surface area contributed by atoms with Crippen LogP contribution in [-0.4, -0.2) is 35.8 Å². The number of imide groups is 1. The summed E-state index contributed by atoms with van der Waals surface area (Å²) in [6, 6.07) is 15.6. The molecule has 4 rings (SSSR count). The molecule has 1 saturated heterocycles. The Morgan fingerprint density at radius 1 is 1.00 bits per heavy atom. The van der Waals surface area contributed by atoms with E-state index in [4.69, 9.17) is 25.8 Å². The Labute approximate surface area is 243 Å². The molecule has 1 heterocycles. The minimum Gasteiger partial charge on any atom is -0.491 e. The van der Waals surface area contributed by atoms with E-state index in [1.807, 2.05) is 32.0 Å². The first-order chi connectivity index (χ1) is 19.2. The van der Waals surface area contributed by atoms with Gasteiger partial charge in [-0.25, -0.2) is 4.39 Å². The lowest BCUT2D eigenvalue weighted by Crippen LogP contribution is -2.32. The van der Waals surface area contributed by atoms with Gasteiger partial charge in [0.05, 0.1) is 23.1 Å². The number of halogens is 2. The molecule has 2 amide bonds. The van der Waals surface area contributed by atoms with Crippen LogP contribution in [0.25, 0.3) is 6.08 Å². The number of thioether (sulfide) groups is 1. The summed E-state index contributed by atoms with van der Waals surface area (Å²) in [7, 11) is 0. The summed E-state index contributed by atoms with van der Waals surface area (Å²) in [6.45, 7) is 8.64. The van der Waals surface area contributed by atoms with E-state index in [0.717, 1.165) is 28.6 Å². The minimum atomic E-state index is -0.456. The van der Waals surface area contributed by atoms with Crippen molar-refractivity contribution in [1.29, 1.82) is 0 Å². The van der Waals surface area contributed by atoms with Gasteiger partial charge in [0.1, 0.15) is 24.8 Å². The number of nitrogens with zero attached hydrogens (tertiary/aromatic N) is 1. The summed E-state index contributed by atoms with van der Waals surface area (Å²) >= 11 is 6.99. The molecule has 1 fully saturated rings. The van der Waals surface area contributed by atoms with E-state index in [-0.39, 0.29) is 47.4 Å². The zero-order chi connectivity index (χ0) is 28.8. The normalized spacial score (nSPS) is 14.4. The highest BCUT2D eigenvalue weighted by Gasteiger charge is 2.35. The summed E-state index contributed by atoms with van der Waals surface area (Å²) < 4.78 is 31.7. The van der Waals surface area contributed by atoms with Crippen molar-refractivity contribution < 1.29 is 28.2 Å². The molecule has 0 aromatic heterocycles. The zero-order valence-corrected chi connectivity index (χ0v) is 24.4. The molecule has 6 nitrogen and oxygen atoms in total. The highest BCUT2D eigenvalue weighted by molar-refractivity contribution is 8.18. The van der Waals surface area contributed by atoms with Gasteiger partial charge in [-0.2, -0.15) is 0 Å². The Morgan fingerprint density at radius 2 is 1.80 bits per heavy atom. The summed E-state index contributed by atoms with van der Waals surface area (Å²) in [6.07, 6.45) is 1.64. The highest BCUT2D eigenvalue weighted by atomic mass is 35.5. The van der Waals surface area contributed by atoms with Gasteiger partial charge >= 0.3 is 0 Å². The molecular weight excluding hydrogens is 553 g/mol. The van der Waals surface area contributed by atoms with Crippen molar-refractivity contribution >= 4 is 40.6 Å². The summed E-state index contributed by atoms with van der Waals surface area (Å²) in [5.41, 5.74) is 3.06. The van der Waals surface area contributed by atoms with Crippen LogP contribution in [0.2, 0.25) is 5.02 Å². The second-order valence-corrected chi connectivity index (χ2v) is 10.9. The van der Waals surface area contributed by atoms with Crippen molar-refractivity contribution in [3.63, 3.8) is 0 Å². The second kappa shape index (κ2) is 13.2. The predicted octanol–water partition coefficient (Wildman–Crippen LogP) is 8.00. The number of hydrogen-bond acceptors (Lipinski definition) is 6. The fourth-order valence-electron chi connectivity index (χ4n) is 4.16. The van der Waals surface area contributed by atoms with Crippen molar-refractivity contribution in [2.75, 3.05) is 19.8 Å². The third kappa shape index (κ3) is 6.98. The summed E-state index contributed by atoms with van der Waals surface area (Å²) in [5, 5.41) is -0.0742. The molecular formula is C31H31ClFNO5S.